The van der Waals surface area contributed by atoms with Crippen LogP contribution in [-0.4, -0.2) is 37.1 Å². The Balaban J connectivity index is 2.10. The Kier molecular flexibility index (Phi) is 3.34. The van der Waals surface area contributed by atoms with Crippen LogP contribution in [0.15, 0.2) is 29.8 Å². The van der Waals surface area contributed by atoms with E-state index in [1.54, 1.807) is 12.1 Å². The average molecular weight is 275 g/mol. The molecule has 4 heteroatoms. The van der Waals surface area contributed by atoms with Crippen molar-refractivity contribution in [1.29, 1.82) is 0 Å². The fourth-order valence-corrected chi connectivity index (χ4v) is 3.45. The Morgan fingerprint density at radius 3 is 2.65 bits per heavy atom. The first kappa shape index (κ1) is 13.3. The summed E-state index contributed by atoms with van der Waals surface area (Å²) in [7, 11) is 3.48. The molecule has 3 nitrogen and oxygen atoms in total. The van der Waals surface area contributed by atoms with Gasteiger partial charge in [0.1, 0.15) is 5.82 Å². The first-order valence-corrected chi connectivity index (χ1v) is 6.91. The van der Waals surface area contributed by atoms with E-state index >= 15 is 0 Å². The average Bonchev–Trinajstić information content (AvgIpc) is 2.70. The molecule has 106 valence electrons. The molecule has 2 aliphatic heterocycles. The summed E-state index contributed by atoms with van der Waals surface area (Å²) in [5, 5.41) is 0. The molecular weight excluding hydrogens is 257 g/mol. The standard InChI is InChI=1S/C16H18FNO2/c1-18-12-7-8-14(18)15(16(19)20-2)13(9-12)10-3-5-11(17)6-4-10/h3-6,12,14H,7-9H2,1-2H3/t12-,14+/m1/s1. The second-order valence-corrected chi connectivity index (χ2v) is 5.51. The third-order valence-corrected chi connectivity index (χ3v) is 4.54. The highest BCUT2D eigenvalue weighted by Gasteiger charge is 2.42. The number of rotatable bonds is 2. The lowest BCUT2D eigenvalue weighted by Crippen LogP contribution is -2.40. The zero-order chi connectivity index (χ0) is 14.3. The van der Waals surface area contributed by atoms with Crippen LogP contribution in [0.4, 0.5) is 4.39 Å². The summed E-state index contributed by atoms with van der Waals surface area (Å²) in [6, 6.07) is 6.97. The van der Waals surface area contributed by atoms with Crippen molar-refractivity contribution >= 4 is 11.5 Å². The zero-order valence-electron chi connectivity index (χ0n) is 11.7. The van der Waals surface area contributed by atoms with Crippen LogP contribution in [0.3, 0.4) is 0 Å². The third kappa shape index (κ3) is 2.04. The molecule has 0 aliphatic carbocycles. The number of ether oxygens (including phenoxy) is 1. The lowest BCUT2D eigenvalue weighted by Gasteiger charge is -2.34. The highest BCUT2D eigenvalue weighted by Crippen LogP contribution is 2.42. The molecule has 1 saturated heterocycles. The summed E-state index contributed by atoms with van der Waals surface area (Å²) in [6.45, 7) is 0. The minimum Gasteiger partial charge on any atom is -0.466 e. The summed E-state index contributed by atoms with van der Waals surface area (Å²) in [5.41, 5.74) is 2.69. The van der Waals surface area contributed by atoms with Gasteiger partial charge in [-0.3, -0.25) is 4.90 Å². The normalized spacial score (nSPS) is 25.9. The van der Waals surface area contributed by atoms with E-state index in [4.69, 9.17) is 4.74 Å². The Hall–Kier alpha value is -1.68. The maximum absolute atomic E-state index is 13.1. The van der Waals surface area contributed by atoms with Gasteiger partial charge < -0.3 is 4.74 Å². The van der Waals surface area contributed by atoms with Gasteiger partial charge in [0, 0.05) is 12.1 Å². The Morgan fingerprint density at radius 1 is 1.30 bits per heavy atom. The summed E-state index contributed by atoms with van der Waals surface area (Å²) in [6.07, 6.45) is 2.89. The number of hydrogen-bond donors (Lipinski definition) is 0. The summed E-state index contributed by atoms with van der Waals surface area (Å²) in [4.78, 5) is 14.4. The monoisotopic (exact) mass is 275 g/mol. The fraction of sp³-hybridized carbons (Fsp3) is 0.438. The van der Waals surface area contributed by atoms with Crippen molar-refractivity contribution in [2.45, 2.75) is 31.3 Å². The second kappa shape index (κ2) is 5.02. The van der Waals surface area contributed by atoms with E-state index in [9.17, 15) is 9.18 Å². The fourth-order valence-electron chi connectivity index (χ4n) is 3.45. The molecule has 1 aromatic rings. The Morgan fingerprint density at radius 2 is 2.00 bits per heavy atom. The van der Waals surface area contributed by atoms with Crippen molar-refractivity contribution in [2.24, 2.45) is 0 Å². The van der Waals surface area contributed by atoms with Crippen molar-refractivity contribution in [3.05, 3.63) is 41.2 Å². The van der Waals surface area contributed by atoms with Crippen LogP contribution in [0.1, 0.15) is 24.8 Å². The van der Waals surface area contributed by atoms with Crippen molar-refractivity contribution in [3.63, 3.8) is 0 Å². The largest absolute Gasteiger partial charge is 0.466 e. The molecule has 0 aromatic heterocycles. The quantitative estimate of drug-likeness (QED) is 0.777. The van der Waals surface area contributed by atoms with Crippen LogP contribution in [0.5, 0.6) is 0 Å². The van der Waals surface area contributed by atoms with Gasteiger partial charge in [-0.05, 0) is 49.6 Å². The first-order chi connectivity index (χ1) is 9.61. The molecule has 1 aromatic carbocycles. The number of hydrogen-bond acceptors (Lipinski definition) is 3. The lowest BCUT2D eigenvalue weighted by atomic mass is 9.88. The number of carbonyl (C=O) groups excluding carboxylic acids is 1. The second-order valence-electron chi connectivity index (χ2n) is 5.51. The van der Waals surface area contributed by atoms with E-state index in [-0.39, 0.29) is 17.8 Å². The molecule has 1 fully saturated rings. The molecule has 0 radical (unpaired) electrons. The van der Waals surface area contributed by atoms with Crippen molar-refractivity contribution in [1.82, 2.24) is 4.90 Å². The maximum atomic E-state index is 13.1. The first-order valence-electron chi connectivity index (χ1n) is 6.91. The van der Waals surface area contributed by atoms with E-state index in [2.05, 4.69) is 11.9 Å². The lowest BCUT2D eigenvalue weighted by molar-refractivity contribution is -0.136. The number of esters is 1. The van der Waals surface area contributed by atoms with Crippen molar-refractivity contribution < 1.29 is 13.9 Å². The van der Waals surface area contributed by atoms with Gasteiger partial charge in [-0.1, -0.05) is 12.1 Å². The molecular formula is C16H18FNO2. The van der Waals surface area contributed by atoms with E-state index in [0.717, 1.165) is 36.0 Å². The SMILES string of the molecule is COC(=O)C1=C(c2ccc(F)cc2)C[C@H]2CC[C@@H]1N2C. The number of nitrogens with zero attached hydrogens (tertiary/aromatic N) is 1. The van der Waals surface area contributed by atoms with Gasteiger partial charge >= 0.3 is 5.97 Å². The molecule has 0 unspecified atom stereocenters. The van der Waals surface area contributed by atoms with Crippen molar-refractivity contribution in [3.8, 4) is 0 Å². The van der Waals surface area contributed by atoms with Gasteiger partial charge in [0.25, 0.3) is 0 Å². The molecule has 2 aliphatic rings. The number of carbonyl (C=O) groups is 1. The predicted octanol–water partition coefficient (Wildman–Crippen LogP) is 2.62. The van der Waals surface area contributed by atoms with Crippen LogP contribution in [0.2, 0.25) is 0 Å². The van der Waals surface area contributed by atoms with Crippen molar-refractivity contribution in [2.75, 3.05) is 14.2 Å². The maximum Gasteiger partial charge on any atom is 0.335 e. The molecule has 20 heavy (non-hydrogen) atoms. The predicted molar refractivity (Wildman–Crippen MR) is 74.5 cm³/mol. The molecule has 0 N–H and O–H groups in total. The summed E-state index contributed by atoms with van der Waals surface area (Å²) in [5.74, 6) is -0.522. The van der Waals surface area contributed by atoms with Crippen LogP contribution < -0.4 is 0 Å². The topological polar surface area (TPSA) is 29.5 Å². The van der Waals surface area contributed by atoms with Crippen LogP contribution in [0, 0.1) is 5.82 Å². The van der Waals surface area contributed by atoms with Gasteiger partial charge in [-0.15, -0.1) is 0 Å². The molecule has 0 saturated carbocycles. The smallest absolute Gasteiger partial charge is 0.335 e. The number of methoxy groups -OCH3 is 1. The van der Waals surface area contributed by atoms with Crippen LogP contribution >= 0.6 is 0 Å². The Labute approximate surface area is 118 Å². The van der Waals surface area contributed by atoms with Crippen LogP contribution in [-0.2, 0) is 9.53 Å². The number of fused-ring (bicyclic) bond motifs is 2. The number of halogens is 1. The van der Waals surface area contributed by atoms with Gasteiger partial charge in [0.2, 0.25) is 0 Å². The van der Waals surface area contributed by atoms with E-state index in [1.165, 1.54) is 19.2 Å². The van der Waals surface area contributed by atoms with E-state index in [1.807, 2.05) is 0 Å². The van der Waals surface area contributed by atoms with Crippen LogP contribution in [0.25, 0.3) is 5.57 Å². The molecule has 2 bridgehead atoms. The molecule has 3 rings (SSSR count). The zero-order valence-corrected chi connectivity index (χ0v) is 11.7. The minimum atomic E-state index is -0.262. The highest BCUT2D eigenvalue weighted by molar-refractivity contribution is 5.99. The molecule has 2 heterocycles. The molecule has 2 atom stereocenters. The number of likely N-dealkylation sites (N-methyl/N-ethyl adjacent to an activating group) is 1. The van der Waals surface area contributed by atoms with Gasteiger partial charge in [0.15, 0.2) is 0 Å². The van der Waals surface area contributed by atoms with Gasteiger partial charge in [-0.25, -0.2) is 9.18 Å². The summed E-state index contributed by atoms with van der Waals surface area (Å²) >= 11 is 0. The van der Waals surface area contributed by atoms with E-state index in [0.29, 0.717) is 6.04 Å². The van der Waals surface area contributed by atoms with Gasteiger partial charge in [-0.2, -0.15) is 0 Å². The minimum absolute atomic E-state index is 0.126. The number of benzene rings is 1. The van der Waals surface area contributed by atoms with E-state index < -0.39 is 0 Å². The van der Waals surface area contributed by atoms with Gasteiger partial charge in [0.05, 0.1) is 12.7 Å². The Bertz CT molecular complexity index is 564. The highest BCUT2D eigenvalue weighted by atomic mass is 19.1. The molecule has 0 amide bonds. The summed E-state index contributed by atoms with van der Waals surface area (Å²) < 4.78 is 18.1. The molecule has 0 spiro atoms. The third-order valence-electron chi connectivity index (χ3n) is 4.54.